The lowest BCUT2D eigenvalue weighted by Crippen LogP contribution is -2.36. The van der Waals surface area contributed by atoms with Gasteiger partial charge in [0.1, 0.15) is 11.6 Å². The van der Waals surface area contributed by atoms with Crippen molar-refractivity contribution >= 4 is 17.7 Å². The van der Waals surface area contributed by atoms with E-state index in [1.807, 2.05) is 26.0 Å². The fraction of sp³-hybridized carbons (Fsp3) is 0.300. The number of halogens is 2. The van der Waals surface area contributed by atoms with Crippen molar-refractivity contribution in [3.8, 4) is 0 Å². The van der Waals surface area contributed by atoms with Gasteiger partial charge < -0.3 is 21.3 Å². The SMILES string of the molecule is CN=C(NCc1ccc(NC(=O)NC(C)C)cc1)NCc1cc(F)ccc1F. The molecular weight excluding hydrogens is 364 g/mol. The highest BCUT2D eigenvalue weighted by atomic mass is 19.1. The number of nitrogens with one attached hydrogen (secondary N) is 4. The van der Waals surface area contributed by atoms with Crippen molar-refractivity contribution in [2.24, 2.45) is 4.99 Å². The molecule has 8 heteroatoms. The second kappa shape index (κ2) is 10.2. The van der Waals surface area contributed by atoms with E-state index < -0.39 is 11.6 Å². The first-order chi connectivity index (χ1) is 13.4. The Labute approximate surface area is 163 Å². The highest BCUT2D eigenvalue weighted by Crippen LogP contribution is 2.10. The number of hydrogen-bond donors (Lipinski definition) is 4. The van der Waals surface area contributed by atoms with Gasteiger partial charge in [0.2, 0.25) is 0 Å². The number of urea groups is 1. The van der Waals surface area contributed by atoms with Gasteiger partial charge in [-0.15, -0.1) is 0 Å². The molecule has 6 nitrogen and oxygen atoms in total. The van der Waals surface area contributed by atoms with E-state index >= 15 is 0 Å². The third-order valence-corrected chi connectivity index (χ3v) is 3.77. The van der Waals surface area contributed by atoms with Gasteiger partial charge in [0.25, 0.3) is 0 Å². The molecule has 2 aromatic carbocycles. The number of carbonyl (C=O) groups excluding carboxylic acids is 1. The lowest BCUT2D eigenvalue weighted by atomic mass is 10.2. The molecule has 2 amide bonds. The van der Waals surface area contributed by atoms with Crippen LogP contribution < -0.4 is 21.3 Å². The molecule has 0 saturated carbocycles. The van der Waals surface area contributed by atoms with Gasteiger partial charge in [-0.1, -0.05) is 12.1 Å². The van der Waals surface area contributed by atoms with Crippen molar-refractivity contribution < 1.29 is 13.6 Å². The van der Waals surface area contributed by atoms with Crippen molar-refractivity contribution in [1.29, 1.82) is 0 Å². The van der Waals surface area contributed by atoms with Crippen LogP contribution >= 0.6 is 0 Å². The Morgan fingerprint density at radius 2 is 1.71 bits per heavy atom. The summed E-state index contributed by atoms with van der Waals surface area (Å²) in [6.07, 6.45) is 0. The molecule has 4 N–H and O–H groups in total. The molecule has 0 unspecified atom stereocenters. The predicted octanol–water partition coefficient (Wildman–Crippen LogP) is 3.36. The molecule has 0 aliphatic rings. The fourth-order valence-corrected chi connectivity index (χ4v) is 2.40. The van der Waals surface area contributed by atoms with Gasteiger partial charge in [-0.05, 0) is 49.7 Å². The first-order valence-electron chi connectivity index (χ1n) is 8.92. The Morgan fingerprint density at radius 3 is 2.36 bits per heavy atom. The quantitative estimate of drug-likeness (QED) is 0.452. The van der Waals surface area contributed by atoms with Gasteiger partial charge in [-0.2, -0.15) is 0 Å². The van der Waals surface area contributed by atoms with Gasteiger partial charge in [0.05, 0.1) is 0 Å². The summed E-state index contributed by atoms with van der Waals surface area (Å²) in [5.41, 5.74) is 1.87. The zero-order valence-electron chi connectivity index (χ0n) is 16.1. The standard InChI is InChI=1S/C20H25F2N5O/c1-13(2)26-20(28)27-17-7-4-14(5-8-17)11-24-19(23-3)25-12-15-10-16(21)6-9-18(15)22/h4-10,13H,11-12H2,1-3H3,(H2,23,24,25)(H2,26,27,28). The fourth-order valence-electron chi connectivity index (χ4n) is 2.40. The van der Waals surface area contributed by atoms with Crippen molar-refractivity contribution in [2.75, 3.05) is 12.4 Å². The Morgan fingerprint density at radius 1 is 1.04 bits per heavy atom. The van der Waals surface area contributed by atoms with Crippen LogP contribution in [0.25, 0.3) is 0 Å². The smallest absolute Gasteiger partial charge is 0.319 e. The van der Waals surface area contributed by atoms with E-state index in [0.29, 0.717) is 18.2 Å². The van der Waals surface area contributed by atoms with E-state index in [1.54, 1.807) is 19.2 Å². The molecule has 0 bridgehead atoms. The van der Waals surface area contributed by atoms with Crippen molar-refractivity contribution in [2.45, 2.75) is 33.0 Å². The number of hydrogen-bond acceptors (Lipinski definition) is 2. The number of carbonyl (C=O) groups is 1. The van der Waals surface area contributed by atoms with Gasteiger partial charge in [-0.25, -0.2) is 13.6 Å². The van der Waals surface area contributed by atoms with Crippen LogP contribution in [0.1, 0.15) is 25.0 Å². The molecular formula is C20H25F2N5O. The molecule has 0 fully saturated rings. The van der Waals surface area contributed by atoms with Crippen molar-refractivity contribution in [3.63, 3.8) is 0 Å². The molecule has 150 valence electrons. The van der Waals surface area contributed by atoms with Gasteiger partial charge in [0, 0.05) is 37.4 Å². The van der Waals surface area contributed by atoms with Crippen LogP contribution in [0, 0.1) is 11.6 Å². The zero-order valence-corrected chi connectivity index (χ0v) is 16.1. The summed E-state index contributed by atoms with van der Waals surface area (Å²) < 4.78 is 26.9. The lowest BCUT2D eigenvalue weighted by molar-refractivity contribution is 0.250. The number of amides is 2. The van der Waals surface area contributed by atoms with E-state index in [4.69, 9.17) is 0 Å². The normalized spacial score (nSPS) is 11.3. The Hall–Kier alpha value is -3.16. The topological polar surface area (TPSA) is 77.5 Å². The van der Waals surface area contributed by atoms with Gasteiger partial charge in [-0.3, -0.25) is 4.99 Å². The van der Waals surface area contributed by atoms with E-state index in [9.17, 15) is 13.6 Å². The first-order valence-corrected chi connectivity index (χ1v) is 8.92. The third-order valence-electron chi connectivity index (χ3n) is 3.77. The maximum Gasteiger partial charge on any atom is 0.319 e. The number of benzene rings is 2. The van der Waals surface area contributed by atoms with Crippen LogP contribution in [0.5, 0.6) is 0 Å². The van der Waals surface area contributed by atoms with E-state index in [-0.39, 0.29) is 24.2 Å². The minimum absolute atomic E-state index is 0.0589. The molecule has 0 heterocycles. The summed E-state index contributed by atoms with van der Waals surface area (Å²) >= 11 is 0. The van der Waals surface area contributed by atoms with Crippen LogP contribution in [0.2, 0.25) is 0 Å². The monoisotopic (exact) mass is 389 g/mol. The number of guanidine groups is 1. The molecule has 0 aliphatic carbocycles. The highest BCUT2D eigenvalue weighted by Gasteiger charge is 2.06. The molecule has 2 rings (SSSR count). The predicted molar refractivity (Wildman–Crippen MR) is 107 cm³/mol. The highest BCUT2D eigenvalue weighted by molar-refractivity contribution is 5.89. The molecule has 2 aromatic rings. The Bertz CT molecular complexity index is 822. The molecule has 0 spiro atoms. The summed E-state index contributed by atoms with van der Waals surface area (Å²) in [5.74, 6) is -0.506. The van der Waals surface area contributed by atoms with E-state index in [0.717, 1.165) is 23.8 Å². The summed E-state index contributed by atoms with van der Waals surface area (Å²) in [4.78, 5) is 15.8. The first kappa shape index (κ1) is 21.1. The molecule has 0 aliphatic heterocycles. The third kappa shape index (κ3) is 6.86. The number of aliphatic imine (C=N–C) groups is 1. The molecule has 0 saturated heterocycles. The minimum Gasteiger partial charge on any atom is -0.352 e. The second-order valence-corrected chi connectivity index (χ2v) is 6.47. The van der Waals surface area contributed by atoms with Crippen LogP contribution in [0.3, 0.4) is 0 Å². The average Bonchev–Trinajstić information content (AvgIpc) is 2.65. The molecule has 0 atom stereocenters. The number of anilines is 1. The Balaban J connectivity index is 1.84. The maximum atomic E-state index is 13.7. The molecule has 28 heavy (non-hydrogen) atoms. The van der Waals surface area contributed by atoms with Crippen LogP contribution in [0.15, 0.2) is 47.5 Å². The lowest BCUT2D eigenvalue weighted by Gasteiger charge is -2.13. The average molecular weight is 389 g/mol. The molecule has 0 radical (unpaired) electrons. The van der Waals surface area contributed by atoms with Gasteiger partial charge >= 0.3 is 6.03 Å². The van der Waals surface area contributed by atoms with Crippen molar-refractivity contribution in [1.82, 2.24) is 16.0 Å². The maximum absolute atomic E-state index is 13.7. The summed E-state index contributed by atoms with van der Waals surface area (Å²) in [7, 11) is 1.59. The van der Waals surface area contributed by atoms with Crippen LogP contribution in [-0.4, -0.2) is 25.1 Å². The van der Waals surface area contributed by atoms with Crippen LogP contribution in [0.4, 0.5) is 19.3 Å². The summed E-state index contributed by atoms with van der Waals surface area (Å²) in [5, 5.41) is 11.6. The minimum atomic E-state index is -0.489. The zero-order chi connectivity index (χ0) is 20.5. The summed E-state index contributed by atoms with van der Waals surface area (Å²) in [6.45, 7) is 4.36. The van der Waals surface area contributed by atoms with E-state index in [1.165, 1.54) is 0 Å². The largest absolute Gasteiger partial charge is 0.352 e. The number of nitrogens with zero attached hydrogens (tertiary/aromatic N) is 1. The van der Waals surface area contributed by atoms with Crippen LogP contribution in [-0.2, 0) is 13.1 Å². The van der Waals surface area contributed by atoms with Crippen molar-refractivity contribution in [3.05, 3.63) is 65.2 Å². The van der Waals surface area contributed by atoms with E-state index in [2.05, 4.69) is 26.3 Å². The summed E-state index contributed by atoms with van der Waals surface area (Å²) in [6, 6.07) is 10.5. The van der Waals surface area contributed by atoms with Gasteiger partial charge in [0.15, 0.2) is 5.96 Å². The molecule has 0 aromatic heterocycles. The second-order valence-electron chi connectivity index (χ2n) is 6.47. The Kier molecular flexibility index (Phi) is 7.74. The number of rotatable bonds is 6.